The van der Waals surface area contributed by atoms with Crippen molar-refractivity contribution in [1.29, 1.82) is 0 Å². The molecule has 4 aromatic carbocycles. The van der Waals surface area contributed by atoms with Gasteiger partial charge >= 0.3 is 0 Å². The summed E-state index contributed by atoms with van der Waals surface area (Å²) in [7, 11) is 0. The fourth-order valence-corrected chi connectivity index (χ4v) is 3.80. The average Bonchev–Trinajstić information content (AvgIpc) is 3.66. The molecule has 198 valence electrons. The Hall–Kier alpha value is -5.64. The van der Waals surface area contributed by atoms with Crippen LogP contribution < -0.4 is 5.73 Å². The summed E-state index contributed by atoms with van der Waals surface area (Å²) in [5, 5.41) is 19.5. The number of nitrogens with zero attached hydrogens (tertiary/aromatic N) is 7. The van der Waals surface area contributed by atoms with Crippen molar-refractivity contribution < 1.29 is 4.92 Å². The molecule has 0 saturated carbocycles. The Morgan fingerprint density at radius 2 is 1.02 bits per heavy atom. The summed E-state index contributed by atoms with van der Waals surface area (Å²) in [5.41, 5.74) is 12.5. The maximum atomic E-state index is 10.6. The van der Waals surface area contributed by atoms with Crippen LogP contribution in [0, 0.1) is 24.0 Å². The molecule has 6 aromatic rings. The van der Waals surface area contributed by atoms with Crippen LogP contribution in [0.1, 0.15) is 11.1 Å². The topological polar surface area (TPSA) is 131 Å². The van der Waals surface area contributed by atoms with Gasteiger partial charge in [0.2, 0.25) is 0 Å². The molecular weight excluding hydrogens is 504 g/mol. The minimum Gasteiger partial charge on any atom is -0.399 e. The smallest absolute Gasteiger partial charge is 0.269 e. The number of rotatable bonds is 5. The van der Waals surface area contributed by atoms with Crippen molar-refractivity contribution in [2.24, 2.45) is 0 Å². The molecule has 0 saturated heterocycles. The lowest BCUT2D eigenvalue weighted by Crippen LogP contribution is -1.94. The number of benzene rings is 4. The van der Waals surface area contributed by atoms with Crippen LogP contribution in [0.25, 0.3) is 34.2 Å². The average molecular weight is 531 g/mol. The highest BCUT2D eigenvalue weighted by atomic mass is 16.6. The van der Waals surface area contributed by atoms with E-state index in [1.807, 2.05) is 67.6 Å². The van der Waals surface area contributed by atoms with Crippen molar-refractivity contribution in [2.45, 2.75) is 13.8 Å². The van der Waals surface area contributed by atoms with Crippen LogP contribution in [0.15, 0.2) is 110 Å². The molecule has 2 heterocycles. The third kappa shape index (κ3) is 6.08. The predicted octanol–water partition coefficient (Wildman–Crippen LogP) is 5.98. The number of aryl methyl sites for hydroxylation is 2. The molecule has 40 heavy (non-hydrogen) atoms. The van der Waals surface area contributed by atoms with E-state index in [2.05, 4.69) is 39.2 Å². The van der Waals surface area contributed by atoms with Gasteiger partial charge in [-0.3, -0.25) is 10.1 Å². The second-order valence-electron chi connectivity index (χ2n) is 9.12. The molecule has 0 atom stereocenters. The summed E-state index contributed by atoms with van der Waals surface area (Å²) >= 11 is 0. The standard InChI is InChI=1S/C15H12N4O2.C15H14N4/c1-11-2-6-13(7-3-11)18-10-16-15(17-18)12-4-8-14(9-5-12)19(20)21;1-11-2-8-14(9-3-11)19-10-17-15(18-19)12-4-6-13(16)7-5-12/h2-10H,1H3;2-10H,16H2,1H3. The Morgan fingerprint density at radius 3 is 1.43 bits per heavy atom. The number of nitro benzene ring substituents is 1. The van der Waals surface area contributed by atoms with Crippen molar-refractivity contribution in [3.63, 3.8) is 0 Å². The minimum absolute atomic E-state index is 0.0525. The fourth-order valence-electron chi connectivity index (χ4n) is 3.80. The summed E-state index contributed by atoms with van der Waals surface area (Å²) in [5.74, 6) is 1.23. The van der Waals surface area contributed by atoms with Gasteiger partial charge in [0.1, 0.15) is 12.7 Å². The third-order valence-electron chi connectivity index (χ3n) is 6.09. The number of nitrogen functional groups attached to an aromatic ring is 1. The van der Waals surface area contributed by atoms with Gasteiger partial charge in [-0.05, 0) is 74.5 Å². The maximum absolute atomic E-state index is 10.6. The lowest BCUT2D eigenvalue weighted by atomic mass is 10.2. The van der Waals surface area contributed by atoms with E-state index in [9.17, 15) is 10.1 Å². The fraction of sp³-hybridized carbons (Fsp3) is 0.0667. The molecule has 6 rings (SSSR count). The zero-order chi connectivity index (χ0) is 28.1. The Bertz CT molecular complexity index is 1660. The van der Waals surface area contributed by atoms with Gasteiger partial charge in [0.05, 0.1) is 16.3 Å². The van der Waals surface area contributed by atoms with Crippen LogP contribution in [0.2, 0.25) is 0 Å². The minimum atomic E-state index is -0.428. The van der Waals surface area contributed by atoms with Gasteiger partial charge in [0.25, 0.3) is 5.69 Å². The van der Waals surface area contributed by atoms with Crippen molar-refractivity contribution in [3.05, 3.63) is 131 Å². The van der Waals surface area contributed by atoms with Crippen LogP contribution in [0.3, 0.4) is 0 Å². The monoisotopic (exact) mass is 530 g/mol. The van der Waals surface area contributed by atoms with Crippen molar-refractivity contribution >= 4 is 11.4 Å². The van der Waals surface area contributed by atoms with E-state index < -0.39 is 4.92 Å². The SMILES string of the molecule is Cc1ccc(-n2cnc(-c3ccc(N)cc3)n2)cc1.Cc1ccc(-n2cnc(-c3ccc([N+](=O)[O-])cc3)n2)cc1. The molecule has 10 nitrogen and oxygen atoms in total. The Labute approximate surface area is 230 Å². The molecular formula is C30H26N8O2. The molecule has 0 unspecified atom stereocenters. The maximum Gasteiger partial charge on any atom is 0.269 e. The van der Waals surface area contributed by atoms with Crippen LogP contribution in [0.4, 0.5) is 11.4 Å². The molecule has 0 spiro atoms. The van der Waals surface area contributed by atoms with E-state index in [-0.39, 0.29) is 5.69 Å². The van der Waals surface area contributed by atoms with Gasteiger partial charge in [0.15, 0.2) is 11.6 Å². The molecule has 2 N–H and O–H groups in total. The Kier molecular flexibility index (Phi) is 7.41. The summed E-state index contributed by atoms with van der Waals surface area (Å²) in [4.78, 5) is 18.8. The Balaban J connectivity index is 0.000000162. The summed E-state index contributed by atoms with van der Waals surface area (Å²) < 4.78 is 3.45. The molecule has 0 amide bonds. The molecule has 0 aliphatic rings. The second-order valence-corrected chi connectivity index (χ2v) is 9.12. The lowest BCUT2D eigenvalue weighted by molar-refractivity contribution is -0.384. The highest BCUT2D eigenvalue weighted by Crippen LogP contribution is 2.20. The van der Waals surface area contributed by atoms with Crippen LogP contribution in [-0.2, 0) is 0 Å². The van der Waals surface area contributed by atoms with E-state index >= 15 is 0 Å². The van der Waals surface area contributed by atoms with Crippen molar-refractivity contribution in [2.75, 3.05) is 5.73 Å². The third-order valence-corrected chi connectivity index (χ3v) is 6.09. The van der Waals surface area contributed by atoms with Gasteiger partial charge in [-0.1, -0.05) is 35.4 Å². The van der Waals surface area contributed by atoms with Crippen LogP contribution in [-0.4, -0.2) is 34.5 Å². The van der Waals surface area contributed by atoms with E-state index in [0.717, 1.165) is 28.2 Å². The normalized spacial score (nSPS) is 10.6. The molecule has 0 radical (unpaired) electrons. The van der Waals surface area contributed by atoms with Gasteiger partial charge in [0, 0.05) is 28.9 Å². The first-order chi connectivity index (χ1) is 19.4. The van der Waals surface area contributed by atoms with Crippen LogP contribution in [0.5, 0.6) is 0 Å². The number of aromatic nitrogens is 6. The lowest BCUT2D eigenvalue weighted by Gasteiger charge is -2.00. The highest BCUT2D eigenvalue weighted by molar-refractivity contribution is 5.58. The number of nitrogens with two attached hydrogens (primary N) is 1. The summed E-state index contributed by atoms with van der Waals surface area (Å²) in [6.45, 7) is 4.08. The zero-order valence-corrected chi connectivity index (χ0v) is 21.9. The quantitative estimate of drug-likeness (QED) is 0.165. The van der Waals surface area contributed by atoms with Gasteiger partial charge in [-0.2, -0.15) is 0 Å². The number of hydrogen-bond donors (Lipinski definition) is 1. The van der Waals surface area contributed by atoms with Gasteiger partial charge in [-0.15, -0.1) is 10.2 Å². The van der Waals surface area contributed by atoms with Crippen molar-refractivity contribution in [3.8, 4) is 34.2 Å². The molecule has 2 aromatic heterocycles. The number of hydrogen-bond acceptors (Lipinski definition) is 7. The highest BCUT2D eigenvalue weighted by Gasteiger charge is 2.09. The van der Waals surface area contributed by atoms with E-state index in [0.29, 0.717) is 11.6 Å². The van der Waals surface area contributed by atoms with Crippen LogP contribution >= 0.6 is 0 Å². The van der Waals surface area contributed by atoms with E-state index in [1.54, 1.807) is 34.2 Å². The molecule has 10 heteroatoms. The molecule has 0 aliphatic heterocycles. The first-order valence-electron chi connectivity index (χ1n) is 12.4. The number of nitro groups is 1. The predicted molar refractivity (Wildman–Crippen MR) is 154 cm³/mol. The number of non-ortho nitro benzene ring substituents is 1. The molecule has 0 fully saturated rings. The van der Waals surface area contributed by atoms with Crippen molar-refractivity contribution in [1.82, 2.24) is 29.5 Å². The Morgan fingerprint density at radius 1 is 0.625 bits per heavy atom. The van der Waals surface area contributed by atoms with E-state index in [1.165, 1.54) is 23.3 Å². The first kappa shape index (κ1) is 26.0. The van der Waals surface area contributed by atoms with E-state index in [4.69, 9.17) is 5.73 Å². The number of anilines is 1. The summed E-state index contributed by atoms with van der Waals surface area (Å²) in [6, 6.07) is 29.8. The zero-order valence-electron chi connectivity index (χ0n) is 21.9. The first-order valence-corrected chi connectivity index (χ1v) is 12.4. The van der Waals surface area contributed by atoms with Gasteiger partial charge < -0.3 is 5.73 Å². The molecule has 0 bridgehead atoms. The molecule has 0 aliphatic carbocycles. The largest absolute Gasteiger partial charge is 0.399 e. The van der Waals surface area contributed by atoms with Gasteiger partial charge in [-0.25, -0.2) is 19.3 Å². The summed E-state index contributed by atoms with van der Waals surface area (Å²) in [6.07, 6.45) is 3.35. The second kappa shape index (κ2) is 11.4.